The van der Waals surface area contributed by atoms with Crippen molar-refractivity contribution in [3.8, 4) is 22.9 Å². The van der Waals surface area contributed by atoms with Gasteiger partial charge in [-0.3, -0.25) is 0 Å². The van der Waals surface area contributed by atoms with Crippen LogP contribution in [0.3, 0.4) is 0 Å². The molecule has 0 atom stereocenters. The van der Waals surface area contributed by atoms with E-state index in [0.717, 1.165) is 42.6 Å². The minimum Gasteiger partial charge on any atom is -0.490 e. The van der Waals surface area contributed by atoms with Crippen LogP contribution in [0, 0.1) is 5.82 Å². The molecule has 0 unspecified atom stereocenters. The molecule has 8 heteroatoms. The smallest absolute Gasteiger partial charge is 0.162 e. The molecule has 0 radical (unpaired) electrons. The van der Waals surface area contributed by atoms with Gasteiger partial charge in [0.1, 0.15) is 35.8 Å². The van der Waals surface area contributed by atoms with Gasteiger partial charge in [0.05, 0.1) is 10.5 Å². The Kier molecular flexibility index (Phi) is 6.47. The van der Waals surface area contributed by atoms with Gasteiger partial charge in [-0.1, -0.05) is 23.7 Å². The van der Waals surface area contributed by atoms with Crippen molar-refractivity contribution in [2.24, 2.45) is 0 Å². The van der Waals surface area contributed by atoms with Crippen LogP contribution in [0.2, 0.25) is 5.02 Å². The van der Waals surface area contributed by atoms with E-state index in [1.54, 1.807) is 24.3 Å². The monoisotopic (exact) mass is 478 g/mol. The summed E-state index contributed by atoms with van der Waals surface area (Å²) in [5.41, 5.74) is 8.44. The Balaban J connectivity index is 1.34. The summed E-state index contributed by atoms with van der Waals surface area (Å²) >= 11 is 6.44. The molecule has 2 heterocycles. The number of ether oxygens (including phenoxy) is 2. The van der Waals surface area contributed by atoms with Crippen molar-refractivity contribution in [2.45, 2.75) is 25.6 Å². The minimum atomic E-state index is -0.307. The van der Waals surface area contributed by atoms with Gasteiger partial charge in [0.15, 0.2) is 5.82 Å². The lowest BCUT2D eigenvalue weighted by molar-refractivity contribution is 0.162. The van der Waals surface area contributed by atoms with E-state index in [1.165, 1.54) is 12.1 Å². The van der Waals surface area contributed by atoms with Crippen LogP contribution < -0.4 is 20.5 Å². The topological polar surface area (TPSA) is 82.3 Å². The second kappa shape index (κ2) is 9.83. The Morgan fingerprint density at radius 1 is 1.03 bits per heavy atom. The number of nitrogens with one attached hydrogen (secondary N) is 1. The lowest BCUT2D eigenvalue weighted by Gasteiger charge is -2.24. The van der Waals surface area contributed by atoms with Crippen molar-refractivity contribution in [3.05, 3.63) is 77.1 Å². The molecule has 3 aromatic carbocycles. The highest BCUT2D eigenvalue weighted by Crippen LogP contribution is 2.32. The lowest BCUT2D eigenvalue weighted by atomic mass is 10.1. The summed E-state index contributed by atoms with van der Waals surface area (Å²) in [6, 6.07) is 17.3. The highest BCUT2D eigenvalue weighted by Gasteiger charge is 2.16. The predicted molar refractivity (Wildman–Crippen MR) is 132 cm³/mol. The molecule has 4 aromatic rings. The second-order valence-corrected chi connectivity index (χ2v) is 8.65. The number of hydrogen-bond acceptors (Lipinski definition) is 6. The number of benzene rings is 3. The Morgan fingerprint density at radius 2 is 1.88 bits per heavy atom. The largest absolute Gasteiger partial charge is 0.490 e. The van der Waals surface area contributed by atoms with E-state index < -0.39 is 0 Å². The maximum absolute atomic E-state index is 13.4. The van der Waals surface area contributed by atoms with Crippen LogP contribution in [0.1, 0.15) is 18.4 Å². The Morgan fingerprint density at radius 3 is 2.68 bits per heavy atom. The quantitative estimate of drug-likeness (QED) is 0.387. The molecule has 34 heavy (non-hydrogen) atoms. The molecular formula is C26H24ClFN4O2. The van der Waals surface area contributed by atoms with Crippen molar-refractivity contribution in [1.82, 2.24) is 15.3 Å². The molecule has 5 rings (SSSR count). The van der Waals surface area contributed by atoms with Gasteiger partial charge in [0.2, 0.25) is 0 Å². The molecule has 1 aromatic heterocycles. The van der Waals surface area contributed by atoms with Gasteiger partial charge < -0.3 is 20.5 Å². The number of hydrogen-bond donors (Lipinski definition) is 2. The summed E-state index contributed by atoms with van der Waals surface area (Å²) in [5.74, 6) is 1.79. The summed E-state index contributed by atoms with van der Waals surface area (Å²) in [4.78, 5) is 9.16. The first-order valence-electron chi connectivity index (χ1n) is 11.2. The number of rotatable bonds is 6. The highest BCUT2D eigenvalue weighted by molar-refractivity contribution is 6.32. The number of nitrogens with two attached hydrogens (primary N) is 1. The number of nitrogen functional groups attached to an aromatic ring is 1. The third-order valence-electron chi connectivity index (χ3n) is 5.76. The predicted octanol–water partition coefficient (Wildman–Crippen LogP) is 5.38. The Hall–Kier alpha value is -3.42. The molecule has 6 nitrogen and oxygen atoms in total. The van der Waals surface area contributed by atoms with Gasteiger partial charge in [-0.15, -0.1) is 0 Å². The fourth-order valence-electron chi connectivity index (χ4n) is 3.98. The molecule has 0 amide bonds. The third kappa shape index (κ3) is 5.05. The molecule has 1 fully saturated rings. The normalized spacial score (nSPS) is 14.3. The van der Waals surface area contributed by atoms with Gasteiger partial charge in [-0.25, -0.2) is 14.4 Å². The summed E-state index contributed by atoms with van der Waals surface area (Å²) in [7, 11) is 0. The number of halogens is 2. The summed E-state index contributed by atoms with van der Waals surface area (Å²) in [6.45, 7) is 2.13. The molecule has 1 aliphatic heterocycles. The molecule has 174 valence electrons. The van der Waals surface area contributed by atoms with Crippen LogP contribution in [0.5, 0.6) is 11.5 Å². The van der Waals surface area contributed by atoms with Gasteiger partial charge in [0.25, 0.3) is 0 Å². The molecule has 0 aliphatic carbocycles. The van der Waals surface area contributed by atoms with Crippen LogP contribution in [0.15, 0.2) is 60.7 Å². The molecule has 3 N–H and O–H groups in total. The number of aromatic nitrogens is 2. The van der Waals surface area contributed by atoms with Crippen LogP contribution in [-0.4, -0.2) is 29.2 Å². The van der Waals surface area contributed by atoms with Crippen LogP contribution >= 0.6 is 11.6 Å². The molecule has 1 saturated heterocycles. The first-order chi connectivity index (χ1) is 16.5. The first kappa shape index (κ1) is 22.4. The van der Waals surface area contributed by atoms with E-state index in [2.05, 4.69) is 15.3 Å². The Bertz CT molecular complexity index is 1330. The fraction of sp³-hybridized carbons (Fsp3) is 0.231. The van der Waals surface area contributed by atoms with Crippen LogP contribution in [0.25, 0.3) is 22.3 Å². The van der Waals surface area contributed by atoms with E-state index in [4.69, 9.17) is 26.8 Å². The van der Waals surface area contributed by atoms with Gasteiger partial charge in [-0.2, -0.15) is 0 Å². The van der Waals surface area contributed by atoms with Crippen molar-refractivity contribution in [2.75, 3.05) is 18.8 Å². The third-order valence-corrected chi connectivity index (χ3v) is 6.05. The van der Waals surface area contributed by atoms with Gasteiger partial charge in [-0.05, 0) is 80.0 Å². The zero-order valence-corrected chi connectivity index (χ0v) is 19.2. The maximum Gasteiger partial charge on any atom is 0.162 e. The maximum atomic E-state index is 13.4. The molecular weight excluding hydrogens is 455 g/mol. The van der Waals surface area contributed by atoms with Gasteiger partial charge >= 0.3 is 0 Å². The SMILES string of the molecule is Nc1nc(-c2ccc(OCc3cccc(F)c3)c(Cl)c2)nc2ccc(OC3CCNCC3)cc12. The van der Waals surface area contributed by atoms with E-state index in [0.29, 0.717) is 33.5 Å². The van der Waals surface area contributed by atoms with Crippen molar-refractivity contribution in [3.63, 3.8) is 0 Å². The van der Waals surface area contributed by atoms with E-state index in [9.17, 15) is 4.39 Å². The minimum absolute atomic E-state index is 0.198. The molecule has 0 bridgehead atoms. The highest BCUT2D eigenvalue weighted by atomic mass is 35.5. The molecule has 0 saturated carbocycles. The first-order valence-corrected chi connectivity index (χ1v) is 11.5. The average Bonchev–Trinajstić information content (AvgIpc) is 2.84. The summed E-state index contributed by atoms with van der Waals surface area (Å²) in [6.07, 6.45) is 2.15. The number of anilines is 1. The second-order valence-electron chi connectivity index (χ2n) is 8.24. The number of nitrogens with zero attached hydrogens (tertiary/aromatic N) is 2. The lowest BCUT2D eigenvalue weighted by Crippen LogP contribution is -2.34. The van der Waals surface area contributed by atoms with E-state index >= 15 is 0 Å². The van der Waals surface area contributed by atoms with E-state index in [1.807, 2.05) is 24.3 Å². The zero-order valence-electron chi connectivity index (χ0n) is 18.4. The molecule has 1 aliphatic rings. The van der Waals surface area contributed by atoms with Crippen LogP contribution in [0.4, 0.5) is 10.2 Å². The van der Waals surface area contributed by atoms with Crippen molar-refractivity contribution in [1.29, 1.82) is 0 Å². The van der Waals surface area contributed by atoms with E-state index in [-0.39, 0.29) is 18.5 Å². The Labute approximate surface area is 201 Å². The fourth-order valence-corrected chi connectivity index (χ4v) is 4.22. The number of fused-ring (bicyclic) bond motifs is 1. The summed E-state index contributed by atoms with van der Waals surface area (Å²) in [5, 5.41) is 4.49. The molecule has 0 spiro atoms. The van der Waals surface area contributed by atoms with Crippen LogP contribution in [-0.2, 0) is 6.61 Å². The zero-order chi connectivity index (χ0) is 23.5. The van der Waals surface area contributed by atoms with Crippen molar-refractivity contribution < 1.29 is 13.9 Å². The van der Waals surface area contributed by atoms with Gasteiger partial charge in [0, 0.05) is 10.9 Å². The number of piperidine rings is 1. The summed E-state index contributed by atoms with van der Waals surface area (Å²) < 4.78 is 25.2. The standard InChI is InChI=1S/C26H24ClFN4O2/c27-22-13-17(4-7-24(22)33-15-16-2-1-3-18(28)12-16)26-31-23-6-5-20(14-21(23)25(29)32-26)34-19-8-10-30-11-9-19/h1-7,12-14,19,30H,8-11,15H2,(H2,29,31,32). The average molecular weight is 479 g/mol. The van der Waals surface area contributed by atoms with Crippen molar-refractivity contribution >= 4 is 28.3 Å².